The molecule has 2 N–H and O–H groups in total. The van der Waals surface area contributed by atoms with Crippen LogP contribution in [0.2, 0.25) is 5.02 Å². The van der Waals surface area contributed by atoms with Crippen molar-refractivity contribution in [3.63, 3.8) is 0 Å². The Hall–Kier alpha value is -0.812. The molecular weight excluding hydrogens is 276 g/mol. The van der Waals surface area contributed by atoms with Gasteiger partial charge < -0.3 is 0 Å². The van der Waals surface area contributed by atoms with Crippen molar-refractivity contribution in [2.24, 2.45) is 0 Å². The number of halogens is 1. The van der Waals surface area contributed by atoms with Crippen molar-refractivity contribution in [1.82, 2.24) is 0 Å². The van der Waals surface area contributed by atoms with Gasteiger partial charge in [-0.15, -0.1) is 0 Å². The third kappa shape index (κ3) is 2.36. The molecule has 0 heterocycles. The molecule has 0 amide bonds. The van der Waals surface area contributed by atoms with Crippen LogP contribution in [0.3, 0.4) is 0 Å². The molecule has 1 aromatic carbocycles. The fourth-order valence-electron chi connectivity index (χ4n) is 0.825. The molecule has 0 saturated carbocycles. The van der Waals surface area contributed by atoms with Crippen molar-refractivity contribution >= 4 is 35.8 Å². The molecule has 0 radical (unpaired) electrons. The van der Waals surface area contributed by atoms with E-state index in [-0.39, 0.29) is 15.1 Å². The van der Waals surface area contributed by atoms with Crippen molar-refractivity contribution in [3.8, 4) is 0 Å². The van der Waals surface area contributed by atoms with Gasteiger partial charge >= 0.3 is 86.0 Å². The first-order valence-electron chi connectivity index (χ1n) is 3.32. The zero-order valence-corrected chi connectivity index (χ0v) is 9.26. The minimum absolute atomic E-state index is 0.279. The fraction of sp³-hybridized carbons (Fsp3) is 0. The molecule has 76 valence electrons. The van der Waals surface area contributed by atoms with Gasteiger partial charge in [0.2, 0.25) is 0 Å². The maximum absolute atomic E-state index is 10.8. The van der Waals surface area contributed by atoms with E-state index in [1.54, 1.807) is 0 Å². The molecule has 14 heavy (non-hydrogen) atoms. The second-order valence-corrected chi connectivity index (χ2v) is 6.21. The standard InChI is InChI=1S/C6H5AsClNO5/c8-5-3-4(7(10,11)12)1-2-6(5)9(13)14/h1-3H,(H2,10,11,12). The molecule has 0 spiro atoms. The van der Waals surface area contributed by atoms with E-state index >= 15 is 0 Å². The van der Waals surface area contributed by atoms with E-state index in [1.807, 2.05) is 0 Å². The van der Waals surface area contributed by atoms with Gasteiger partial charge in [-0.05, 0) is 0 Å². The number of nitro benzene ring substituents is 1. The van der Waals surface area contributed by atoms with Crippen molar-refractivity contribution in [2.45, 2.75) is 0 Å². The average molecular weight is 281 g/mol. The Morgan fingerprint density at radius 2 is 2.00 bits per heavy atom. The Balaban J connectivity index is 3.27. The molecular formula is C6H5AsClNO5. The predicted molar refractivity (Wildman–Crippen MR) is 48.6 cm³/mol. The molecule has 0 aliphatic heterocycles. The van der Waals surface area contributed by atoms with Crippen LogP contribution >= 0.6 is 11.6 Å². The summed E-state index contributed by atoms with van der Waals surface area (Å²) < 4.78 is 28.1. The summed E-state index contributed by atoms with van der Waals surface area (Å²) in [7, 11) is 0. The number of nitrogens with zero attached hydrogens (tertiary/aromatic N) is 1. The monoisotopic (exact) mass is 281 g/mol. The Morgan fingerprint density at radius 1 is 1.43 bits per heavy atom. The average Bonchev–Trinajstić information content (AvgIpc) is 2.01. The summed E-state index contributed by atoms with van der Waals surface area (Å²) in [6.45, 7) is 0. The quantitative estimate of drug-likeness (QED) is 0.444. The molecule has 0 fully saturated rings. The van der Waals surface area contributed by atoms with E-state index in [1.165, 1.54) is 0 Å². The van der Waals surface area contributed by atoms with Crippen LogP contribution in [0.1, 0.15) is 0 Å². The third-order valence-corrected chi connectivity index (χ3v) is 3.76. The summed E-state index contributed by atoms with van der Waals surface area (Å²) >= 11 is 0.446. The normalized spacial score (nSPS) is 11.4. The molecule has 0 bridgehead atoms. The molecule has 1 rings (SSSR count). The Bertz CT molecular complexity index is 428. The summed E-state index contributed by atoms with van der Waals surface area (Å²) in [6, 6.07) is 2.89. The topological polar surface area (TPSA) is 101 Å². The predicted octanol–water partition coefficient (Wildman–Crippen LogP) is -0.191. The molecule has 8 heteroatoms. The molecule has 0 aliphatic carbocycles. The first kappa shape index (κ1) is 11.3. The van der Waals surface area contributed by atoms with Crippen LogP contribution in [0.5, 0.6) is 0 Å². The number of rotatable bonds is 2. The van der Waals surface area contributed by atoms with Gasteiger partial charge in [0, 0.05) is 0 Å². The van der Waals surface area contributed by atoms with Crippen LogP contribution in [-0.2, 0) is 3.74 Å². The first-order valence-corrected chi connectivity index (χ1v) is 7.08. The van der Waals surface area contributed by atoms with Gasteiger partial charge in [0.25, 0.3) is 0 Å². The zero-order chi connectivity index (χ0) is 10.9. The number of nitro groups is 1. The fourth-order valence-corrected chi connectivity index (χ4v) is 2.43. The van der Waals surface area contributed by atoms with Crippen molar-refractivity contribution in [2.75, 3.05) is 0 Å². The van der Waals surface area contributed by atoms with Crippen molar-refractivity contribution in [3.05, 3.63) is 33.3 Å². The van der Waals surface area contributed by atoms with E-state index in [0.717, 1.165) is 18.2 Å². The second kappa shape index (κ2) is 3.74. The molecule has 6 nitrogen and oxygen atoms in total. The van der Waals surface area contributed by atoms with Gasteiger partial charge in [-0.2, -0.15) is 0 Å². The van der Waals surface area contributed by atoms with Crippen LogP contribution in [-0.4, -0.2) is 27.3 Å². The van der Waals surface area contributed by atoms with E-state index in [0.29, 0.717) is 0 Å². The molecule has 0 unspecified atom stereocenters. The van der Waals surface area contributed by atoms with Gasteiger partial charge in [-0.1, -0.05) is 0 Å². The van der Waals surface area contributed by atoms with Gasteiger partial charge in [-0.25, -0.2) is 0 Å². The Kier molecular flexibility index (Phi) is 3.01. The summed E-state index contributed by atoms with van der Waals surface area (Å²) in [6.07, 6.45) is 0. The van der Waals surface area contributed by atoms with Crippen LogP contribution in [0.25, 0.3) is 0 Å². The second-order valence-electron chi connectivity index (χ2n) is 2.44. The molecule has 0 aromatic heterocycles. The van der Waals surface area contributed by atoms with Gasteiger partial charge in [-0.3, -0.25) is 0 Å². The summed E-state index contributed by atoms with van der Waals surface area (Å²) in [5, 5.41) is 10.0. The summed E-state index contributed by atoms with van der Waals surface area (Å²) in [5.41, 5.74) is -0.376. The first-order chi connectivity index (χ1) is 6.32. The van der Waals surface area contributed by atoms with Gasteiger partial charge in [0.05, 0.1) is 0 Å². The van der Waals surface area contributed by atoms with E-state index in [2.05, 4.69) is 0 Å². The Morgan fingerprint density at radius 3 is 2.36 bits per heavy atom. The van der Waals surface area contributed by atoms with Crippen LogP contribution in [0.4, 0.5) is 5.69 Å². The third-order valence-electron chi connectivity index (χ3n) is 1.46. The number of hydrogen-bond acceptors (Lipinski definition) is 3. The van der Waals surface area contributed by atoms with E-state index in [9.17, 15) is 13.9 Å². The molecule has 1 aromatic rings. The van der Waals surface area contributed by atoms with E-state index < -0.39 is 19.1 Å². The molecule has 0 atom stereocenters. The van der Waals surface area contributed by atoms with E-state index in [4.69, 9.17) is 19.8 Å². The van der Waals surface area contributed by atoms with Crippen molar-refractivity contribution in [1.29, 1.82) is 0 Å². The maximum atomic E-state index is 10.8. The zero-order valence-electron chi connectivity index (χ0n) is 6.62. The Labute approximate surface area is 86.3 Å². The van der Waals surface area contributed by atoms with Gasteiger partial charge in [0.15, 0.2) is 0 Å². The molecule has 0 saturated heterocycles. The number of hydrogen-bond donors (Lipinski definition) is 2. The van der Waals surface area contributed by atoms with Crippen LogP contribution < -0.4 is 4.35 Å². The number of benzene rings is 1. The minimum atomic E-state index is -5.01. The summed E-state index contributed by atoms with van der Waals surface area (Å²) in [4.78, 5) is 9.59. The van der Waals surface area contributed by atoms with Crippen molar-refractivity contribution < 1.29 is 16.9 Å². The molecule has 0 aliphatic rings. The summed E-state index contributed by atoms with van der Waals surface area (Å²) in [5.74, 6) is 0. The van der Waals surface area contributed by atoms with Gasteiger partial charge in [0.1, 0.15) is 0 Å². The van der Waals surface area contributed by atoms with Crippen LogP contribution in [0.15, 0.2) is 18.2 Å². The van der Waals surface area contributed by atoms with Crippen LogP contribution in [0, 0.1) is 10.1 Å². The SMILES string of the molecule is O=[N+]([O-])c1ccc([As](=O)(O)O)cc1Cl.